The predicted molar refractivity (Wildman–Crippen MR) is 107 cm³/mol. The Kier molecular flexibility index (Phi) is 8.88. The van der Waals surface area contributed by atoms with Gasteiger partial charge in [-0.05, 0) is 36.5 Å². The van der Waals surface area contributed by atoms with Crippen molar-refractivity contribution in [2.24, 2.45) is 16.6 Å². The first-order valence-electron chi connectivity index (χ1n) is 8.04. The Morgan fingerprint density at radius 3 is 2.96 bits per heavy atom. The van der Waals surface area contributed by atoms with Crippen molar-refractivity contribution >= 4 is 35.8 Å². The van der Waals surface area contributed by atoms with Crippen molar-refractivity contribution in [3.05, 3.63) is 29.8 Å². The summed E-state index contributed by atoms with van der Waals surface area (Å²) in [5.74, 6) is 1.80. The van der Waals surface area contributed by atoms with E-state index in [1.807, 2.05) is 31.3 Å². The third kappa shape index (κ3) is 6.54. The van der Waals surface area contributed by atoms with Crippen LogP contribution in [0.2, 0.25) is 0 Å². The molecule has 1 fully saturated rings. The predicted octanol–water partition coefficient (Wildman–Crippen LogP) is 1.98. The Balaban J connectivity index is 0.00000288. The van der Waals surface area contributed by atoms with Crippen LogP contribution in [0.15, 0.2) is 29.3 Å². The number of amides is 1. The van der Waals surface area contributed by atoms with E-state index in [9.17, 15) is 4.79 Å². The first kappa shape index (κ1) is 20.5. The first-order chi connectivity index (χ1) is 11.1. The molecule has 6 nitrogen and oxygen atoms in total. The lowest BCUT2D eigenvalue weighted by atomic mass is 10.0. The number of aliphatic imine (C=N–C) groups is 1. The molecule has 7 heteroatoms. The number of guanidine groups is 1. The molecule has 1 atom stereocenters. The number of primary amides is 1. The van der Waals surface area contributed by atoms with Crippen LogP contribution in [0.1, 0.15) is 25.3 Å². The zero-order valence-electron chi connectivity index (χ0n) is 14.3. The maximum absolute atomic E-state index is 10.8. The molecule has 0 saturated carbocycles. The number of hydrogen-bond donors (Lipinski definition) is 2. The minimum atomic E-state index is -0.479. The number of nitrogens with zero attached hydrogens (tertiary/aromatic N) is 2. The van der Waals surface area contributed by atoms with Gasteiger partial charge in [-0.25, -0.2) is 0 Å². The fourth-order valence-electron chi connectivity index (χ4n) is 2.79. The number of likely N-dealkylation sites (tertiary alicyclic amines) is 1. The Bertz CT molecular complexity index is 565. The molecular formula is C17H27IN4O2. The molecule has 24 heavy (non-hydrogen) atoms. The summed E-state index contributed by atoms with van der Waals surface area (Å²) in [5.41, 5.74) is 6.16. The second kappa shape index (κ2) is 10.4. The summed E-state index contributed by atoms with van der Waals surface area (Å²) in [7, 11) is 1.81. The van der Waals surface area contributed by atoms with E-state index in [0.717, 1.165) is 24.6 Å². The van der Waals surface area contributed by atoms with E-state index in [1.54, 1.807) is 0 Å². The molecule has 0 bridgehead atoms. The van der Waals surface area contributed by atoms with E-state index in [1.165, 1.54) is 12.8 Å². The zero-order chi connectivity index (χ0) is 16.7. The highest BCUT2D eigenvalue weighted by atomic mass is 127. The van der Waals surface area contributed by atoms with Crippen molar-refractivity contribution in [3.8, 4) is 5.75 Å². The minimum absolute atomic E-state index is 0. The maximum atomic E-state index is 10.8. The molecule has 1 aromatic rings. The number of ether oxygens (including phenoxy) is 1. The minimum Gasteiger partial charge on any atom is -0.484 e. The second-order valence-corrected chi connectivity index (χ2v) is 6.00. The van der Waals surface area contributed by atoms with Gasteiger partial charge >= 0.3 is 0 Å². The summed E-state index contributed by atoms with van der Waals surface area (Å²) in [4.78, 5) is 17.5. The van der Waals surface area contributed by atoms with E-state index < -0.39 is 5.91 Å². The zero-order valence-corrected chi connectivity index (χ0v) is 16.7. The Morgan fingerprint density at radius 1 is 1.50 bits per heavy atom. The molecule has 0 radical (unpaired) electrons. The van der Waals surface area contributed by atoms with Gasteiger partial charge in [0.1, 0.15) is 5.75 Å². The van der Waals surface area contributed by atoms with Gasteiger partial charge in [0.25, 0.3) is 5.91 Å². The lowest BCUT2D eigenvalue weighted by molar-refractivity contribution is -0.119. The number of nitrogens with one attached hydrogen (secondary N) is 1. The summed E-state index contributed by atoms with van der Waals surface area (Å²) >= 11 is 0. The molecule has 1 aliphatic heterocycles. The molecule has 1 aliphatic rings. The van der Waals surface area contributed by atoms with Gasteiger partial charge in [-0.1, -0.05) is 19.1 Å². The molecule has 134 valence electrons. The number of rotatable bonds is 5. The van der Waals surface area contributed by atoms with E-state index in [-0.39, 0.29) is 30.6 Å². The number of benzene rings is 1. The maximum Gasteiger partial charge on any atom is 0.255 e. The van der Waals surface area contributed by atoms with E-state index >= 15 is 0 Å². The van der Waals surface area contributed by atoms with Crippen LogP contribution < -0.4 is 15.8 Å². The molecule has 1 amide bonds. The summed E-state index contributed by atoms with van der Waals surface area (Å²) in [6, 6.07) is 7.63. The molecule has 0 aliphatic carbocycles. The summed E-state index contributed by atoms with van der Waals surface area (Å²) in [5, 5.41) is 3.40. The molecule has 2 rings (SSSR count). The lowest BCUT2D eigenvalue weighted by Crippen LogP contribution is -2.45. The van der Waals surface area contributed by atoms with E-state index in [0.29, 0.717) is 18.2 Å². The van der Waals surface area contributed by atoms with Crippen molar-refractivity contribution < 1.29 is 9.53 Å². The van der Waals surface area contributed by atoms with Crippen LogP contribution in [-0.2, 0) is 11.3 Å². The van der Waals surface area contributed by atoms with Crippen molar-refractivity contribution in [3.63, 3.8) is 0 Å². The van der Waals surface area contributed by atoms with Gasteiger partial charge in [-0.2, -0.15) is 0 Å². The smallest absolute Gasteiger partial charge is 0.255 e. The number of piperidine rings is 1. The van der Waals surface area contributed by atoms with Crippen LogP contribution in [0.3, 0.4) is 0 Å². The highest BCUT2D eigenvalue weighted by Gasteiger charge is 2.18. The van der Waals surface area contributed by atoms with Gasteiger partial charge in [-0.3, -0.25) is 9.79 Å². The number of halogens is 1. The van der Waals surface area contributed by atoms with Gasteiger partial charge in [-0.15, -0.1) is 24.0 Å². The van der Waals surface area contributed by atoms with Gasteiger partial charge < -0.3 is 20.7 Å². The molecule has 1 heterocycles. The SMILES string of the molecule is CN=C(NCc1cccc(OCC(N)=O)c1)N1CCCC(C)C1.I. The standard InChI is InChI=1S/C17H26N4O2.HI/c1-13-5-4-8-21(11-13)17(19-2)20-10-14-6-3-7-15(9-14)23-12-16(18)22;/h3,6-7,9,13H,4-5,8,10-12H2,1-2H3,(H2,18,22)(H,19,20);1H. The van der Waals surface area contributed by atoms with Crippen molar-refractivity contribution in [2.45, 2.75) is 26.3 Å². The van der Waals surface area contributed by atoms with Crippen LogP contribution >= 0.6 is 24.0 Å². The third-order valence-corrected chi connectivity index (χ3v) is 3.90. The Hall–Kier alpha value is -1.51. The fraction of sp³-hybridized carbons (Fsp3) is 0.529. The largest absolute Gasteiger partial charge is 0.484 e. The monoisotopic (exact) mass is 446 g/mol. The fourth-order valence-corrected chi connectivity index (χ4v) is 2.79. The third-order valence-electron chi connectivity index (χ3n) is 3.90. The van der Waals surface area contributed by atoms with Gasteiger partial charge in [0.05, 0.1) is 0 Å². The topological polar surface area (TPSA) is 80.0 Å². The van der Waals surface area contributed by atoms with Gasteiger partial charge in [0, 0.05) is 26.7 Å². The van der Waals surface area contributed by atoms with Gasteiger partial charge in [0.15, 0.2) is 12.6 Å². The summed E-state index contributed by atoms with van der Waals surface area (Å²) in [6.45, 7) is 4.92. The van der Waals surface area contributed by atoms with Crippen molar-refractivity contribution in [1.82, 2.24) is 10.2 Å². The lowest BCUT2D eigenvalue weighted by Gasteiger charge is -2.33. The summed E-state index contributed by atoms with van der Waals surface area (Å²) in [6.07, 6.45) is 2.49. The van der Waals surface area contributed by atoms with Crippen LogP contribution in [0, 0.1) is 5.92 Å². The van der Waals surface area contributed by atoms with Crippen molar-refractivity contribution in [1.29, 1.82) is 0 Å². The Labute approximate surface area is 160 Å². The highest BCUT2D eigenvalue weighted by Crippen LogP contribution is 2.16. The van der Waals surface area contributed by atoms with Crippen LogP contribution in [0.5, 0.6) is 5.75 Å². The van der Waals surface area contributed by atoms with Crippen LogP contribution in [0.4, 0.5) is 0 Å². The summed E-state index contributed by atoms with van der Waals surface area (Å²) < 4.78 is 5.33. The average Bonchev–Trinajstić information content (AvgIpc) is 2.54. The second-order valence-electron chi connectivity index (χ2n) is 6.00. The molecule has 3 N–H and O–H groups in total. The number of hydrogen-bond acceptors (Lipinski definition) is 3. The van der Waals surface area contributed by atoms with E-state index in [4.69, 9.17) is 10.5 Å². The molecule has 1 aromatic carbocycles. The normalized spacial score (nSPS) is 17.8. The number of nitrogens with two attached hydrogens (primary N) is 1. The number of carbonyl (C=O) groups excluding carboxylic acids is 1. The number of carbonyl (C=O) groups is 1. The highest BCUT2D eigenvalue weighted by molar-refractivity contribution is 14.0. The molecule has 1 saturated heterocycles. The Morgan fingerprint density at radius 2 is 2.29 bits per heavy atom. The average molecular weight is 446 g/mol. The molecule has 0 aromatic heterocycles. The molecular weight excluding hydrogens is 419 g/mol. The first-order valence-corrected chi connectivity index (χ1v) is 8.04. The van der Waals surface area contributed by atoms with Crippen molar-refractivity contribution in [2.75, 3.05) is 26.7 Å². The van der Waals surface area contributed by atoms with Gasteiger partial charge in [0.2, 0.25) is 0 Å². The van der Waals surface area contributed by atoms with Crippen LogP contribution in [-0.4, -0.2) is 43.5 Å². The molecule has 0 spiro atoms. The molecule has 1 unspecified atom stereocenters. The van der Waals surface area contributed by atoms with E-state index in [2.05, 4.69) is 22.1 Å². The quantitative estimate of drug-likeness (QED) is 0.412. The van der Waals surface area contributed by atoms with Crippen LogP contribution in [0.25, 0.3) is 0 Å².